The Morgan fingerprint density at radius 2 is 1.46 bits per heavy atom. The molecule has 5 aromatic rings. The highest BCUT2D eigenvalue weighted by Gasteiger charge is 2.12. The highest BCUT2D eigenvalue weighted by molar-refractivity contribution is 5.88. The molecule has 0 amide bonds. The van der Waals surface area contributed by atoms with Crippen LogP contribution in [0.2, 0.25) is 0 Å². The Bertz CT molecular complexity index is 1240. The molecule has 0 radical (unpaired) electrons. The first-order chi connectivity index (χ1) is 13.9. The maximum absolute atomic E-state index is 6.18. The third-order valence-electron chi connectivity index (χ3n) is 5.01. The van der Waals surface area contributed by atoms with Gasteiger partial charge >= 0.3 is 0 Å². The molecule has 0 aliphatic carbocycles. The number of para-hydroxylation sites is 2. The molecule has 0 N–H and O–H groups in total. The average molecular weight is 364 g/mol. The van der Waals surface area contributed by atoms with Gasteiger partial charge in [-0.15, -0.1) is 0 Å². The lowest BCUT2D eigenvalue weighted by Crippen LogP contribution is -2.09. The molecule has 0 saturated carbocycles. The van der Waals surface area contributed by atoms with Crippen LogP contribution in [0.4, 0.5) is 0 Å². The minimum absolute atomic E-state index is 0.578. The van der Waals surface area contributed by atoms with E-state index in [1.165, 1.54) is 5.39 Å². The standard InChI is InChI=1S/C25H20N2O/c1-2-10-20(11-3-1)25-26-22-14-6-7-15-23(22)27(25)17-18-28-24-16-8-12-19-9-4-5-13-21(19)24/h1-16H,17-18H2. The summed E-state index contributed by atoms with van der Waals surface area (Å²) in [7, 11) is 0. The molecule has 0 aliphatic rings. The highest BCUT2D eigenvalue weighted by Crippen LogP contribution is 2.27. The molecule has 3 heteroatoms. The van der Waals surface area contributed by atoms with Gasteiger partial charge in [0.25, 0.3) is 0 Å². The van der Waals surface area contributed by atoms with Gasteiger partial charge in [-0.1, -0.05) is 78.9 Å². The predicted octanol–water partition coefficient (Wildman–Crippen LogP) is 5.94. The Labute approximate surface area is 163 Å². The van der Waals surface area contributed by atoms with Gasteiger partial charge in [-0.3, -0.25) is 0 Å². The molecule has 0 atom stereocenters. The van der Waals surface area contributed by atoms with Gasteiger partial charge in [0.15, 0.2) is 0 Å². The van der Waals surface area contributed by atoms with Gasteiger partial charge in [-0.05, 0) is 23.6 Å². The second kappa shape index (κ2) is 7.20. The van der Waals surface area contributed by atoms with Crippen molar-refractivity contribution in [3.05, 3.63) is 97.1 Å². The molecule has 0 fully saturated rings. The Morgan fingerprint density at radius 1 is 0.714 bits per heavy atom. The lowest BCUT2D eigenvalue weighted by molar-refractivity contribution is 0.304. The van der Waals surface area contributed by atoms with Crippen LogP contribution in [-0.2, 0) is 6.54 Å². The normalized spacial score (nSPS) is 11.1. The van der Waals surface area contributed by atoms with Crippen molar-refractivity contribution in [1.29, 1.82) is 0 Å². The van der Waals surface area contributed by atoms with Crippen LogP contribution < -0.4 is 4.74 Å². The van der Waals surface area contributed by atoms with Gasteiger partial charge in [0.05, 0.1) is 17.6 Å². The molecule has 136 valence electrons. The zero-order chi connectivity index (χ0) is 18.8. The van der Waals surface area contributed by atoms with E-state index >= 15 is 0 Å². The van der Waals surface area contributed by atoms with Crippen LogP contribution in [0, 0.1) is 0 Å². The molecule has 0 spiro atoms. The Balaban J connectivity index is 1.46. The van der Waals surface area contributed by atoms with Gasteiger partial charge in [-0.2, -0.15) is 0 Å². The average Bonchev–Trinajstić information content (AvgIpc) is 3.13. The van der Waals surface area contributed by atoms with Crippen LogP contribution >= 0.6 is 0 Å². The maximum atomic E-state index is 6.18. The molecule has 3 nitrogen and oxygen atoms in total. The number of aromatic nitrogens is 2. The fourth-order valence-corrected chi connectivity index (χ4v) is 3.68. The topological polar surface area (TPSA) is 27.1 Å². The van der Waals surface area contributed by atoms with Crippen molar-refractivity contribution in [2.75, 3.05) is 6.61 Å². The predicted molar refractivity (Wildman–Crippen MR) is 115 cm³/mol. The van der Waals surface area contributed by atoms with Gasteiger partial charge in [-0.25, -0.2) is 4.98 Å². The second-order valence-corrected chi connectivity index (χ2v) is 6.77. The van der Waals surface area contributed by atoms with Crippen LogP contribution in [0.15, 0.2) is 97.1 Å². The fraction of sp³-hybridized carbons (Fsp3) is 0.0800. The van der Waals surface area contributed by atoms with Gasteiger partial charge in [0, 0.05) is 10.9 Å². The van der Waals surface area contributed by atoms with Crippen molar-refractivity contribution >= 4 is 21.8 Å². The Hall–Kier alpha value is -3.59. The van der Waals surface area contributed by atoms with Gasteiger partial charge in [0.2, 0.25) is 0 Å². The number of hydrogen-bond acceptors (Lipinski definition) is 2. The van der Waals surface area contributed by atoms with Crippen molar-refractivity contribution in [2.24, 2.45) is 0 Å². The first-order valence-corrected chi connectivity index (χ1v) is 9.51. The third-order valence-corrected chi connectivity index (χ3v) is 5.01. The number of fused-ring (bicyclic) bond motifs is 2. The minimum atomic E-state index is 0.578. The smallest absolute Gasteiger partial charge is 0.141 e. The number of rotatable bonds is 5. The van der Waals surface area contributed by atoms with Crippen molar-refractivity contribution in [1.82, 2.24) is 9.55 Å². The van der Waals surface area contributed by atoms with Crippen LogP contribution in [-0.4, -0.2) is 16.2 Å². The molecule has 1 heterocycles. The fourth-order valence-electron chi connectivity index (χ4n) is 3.68. The van der Waals surface area contributed by atoms with E-state index in [0.29, 0.717) is 6.61 Å². The summed E-state index contributed by atoms with van der Waals surface area (Å²) < 4.78 is 8.43. The molecule has 5 rings (SSSR count). The lowest BCUT2D eigenvalue weighted by atomic mass is 10.1. The molecule has 28 heavy (non-hydrogen) atoms. The van der Waals surface area contributed by atoms with E-state index in [1.54, 1.807) is 0 Å². The molecule has 0 aliphatic heterocycles. The summed E-state index contributed by atoms with van der Waals surface area (Å²) in [5.74, 6) is 1.90. The summed E-state index contributed by atoms with van der Waals surface area (Å²) >= 11 is 0. The van der Waals surface area contributed by atoms with Crippen molar-refractivity contribution in [2.45, 2.75) is 6.54 Å². The van der Waals surface area contributed by atoms with Gasteiger partial charge < -0.3 is 9.30 Å². The van der Waals surface area contributed by atoms with Crippen LogP contribution in [0.1, 0.15) is 0 Å². The monoisotopic (exact) mass is 364 g/mol. The van der Waals surface area contributed by atoms with Crippen LogP contribution in [0.5, 0.6) is 5.75 Å². The number of benzene rings is 4. The summed E-state index contributed by atoms with van der Waals surface area (Å²) in [5, 5.41) is 2.34. The van der Waals surface area contributed by atoms with E-state index < -0.39 is 0 Å². The summed E-state index contributed by atoms with van der Waals surface area (Å²) in [5.41, 5.74) is 3.25. The quantitative estimate of drug-likeness (QED) is 0.386. The molecular weight excluding hydrogens is 344 g/mol. The SMILES string of the molecule is c1ccc(-c2nc3ccccc3n2CCOc2cccc3ccccc23)cc1. The summed E-state index contributed by atoms with van der Waals surface area (Å²) in [6.45, 7) is 1.31. The third kappa shape index (κ3) is 3.01. The summed E-state index contributed by atoms with van der Waals surface area (Å²) in [6, 6.07) is 33.1. The maximum Gasteiger partial charge on any atom is 0.141 e. The zero-order valence-electron chi connectivity index (χ0n) is 15.5. The van der Waals surface area contributed by atoms with Crippen LogP contribution in [0.3, 0.4) is 0 Å². The van der Waals surface area contributed by atoms with E-state index in [9.17, 15) is 0 Å². The van der Waals surface area contributed by atoms with Crippen molar-refractivity contribution in [3.8, 4) is 17.1 Å². The summed E-state index contributed by atoms with van der Waals surface area (Å²) in [4.78, 5) is 4.87. The molecule has 0 saturated heterocycles. The molecule has 0 unspecified atom stereocenters. The number of nitrogens with zero attached hydrogens (tertiary/aromatic N) is 2. The molecule has 1 aromatic heterocycles. The molecule has 0 bridgehead atoms. The highest BCUT2D eigenvalue weighted by atomic mass is 16.5. The number of ether oxygens (including phenoxy) is 1. The molecular formula is C25H20N2O. The largest absolute Gasteiger partial charge is 0.491 e. The van der Waals surface area contributed by atoms with E-state index in [-0.39, 0.29) is 0 Å². The molecule has 4 aromatic carbocycles. The first kappa shape index (κ1) is 16.6. The Kier molecular flexibility index (Phi) is 4.26. The summed E-state index contributed by atoms with van der Waals surface area (Å²) in [6.07, 6.45) is 0. The van der Waals surface area contributed by atoms with Crippen LogP contribution in [0.25, 0.3) is 33.2 Å². The zero-order valence-corrected chi connectivity index (χ0v) is 15.5. The Morgan fingerprint density at radius 3 is 2.39 bits per heavy atom. The van der Waals surface area contributed by atoms with Crippen molar-refractivity contribution < 1.29 is 4.74 Å². The second-order valence-electron chi connectivity index (χ2n) is 6.77. The number of hydrogen-bond donors (Lipinski definition) is 0. The van der Waals surface area contributed by atoms with E-state index in [2.05, 4.69) is 59.2 Å². The van der Waals surface area contributed by atoms with Gasteiger partial charge in [0.1, 0.15) is 18.2 Å². The van der Waals surface area contributed by atoms with E-state index in [1.807, 2.05) is 42.5 Å². The first-order valence-electron chi connectivity index (χ1n) is 9.51. The number of imidazole rings is 1. The van der Waals surface area contributed by atoms with E-state index in [4.69, 9.17) is 9.72 Å². The lowest BCUT2D eigenvalue weighted by Gasteiger charge is -2.12. The van der Waals surface area contributed by atoms with E-state index in [0.717, 1.165) is 40.1 Å². The van der Waals surface area contributed by atoms with Crippen molar-refractivity contribution in [3.63, 3.8) is 0 Å². The minimum Gasteiger partial charge on any atom is -0.491 e.